The highest BCUT2D eigenvalue weighted by Gasteiger charge is 2.44. The second-order valence-corrected chi connectivity index (χ2v) is 5.87. The van der Waals surface area contributed by atoms with Crippen LogP contribution >= 0.6 is 0 Å². The summed E-state index contributed by atoms with van der Waals surface area (Å²) in [7, 11) is 0. The monoisotopic (exact) mass is 281 g/mol. The normalized spacial score (nSPS) is 32.4. The van der Waals surface area contributed by atoms with E-state index in [0.717, 1.165) is 19.4 Å². The Morgan fingerprint density at radius 3 is 2.70 bits per heavy atom. The van der Waals surface area contributed by atoms with Crippen molar-refractivity contribution in [2.75, 3.05) is 19.6 Å². The minimum Gasteiger partial charge on any atom is -0.481 e. The first-order chi connectivity index (χ1) is 9.56. The Hall–Kier alpha value is -1.79. The molecular formula is C13H19N3O4. The topological polar surface area (TPSA) is 89.9 Å². The van der Waals surface area contributed by atoms with Crippen molar-refractivity contribution in [1.82, 2.24) is 15.1 Å². The lowest BCUT2D eigenvalue weighted by Gasteiger charge is -2.39. The maximum absolute atomic E-state index is 12.6. The first-order valence-electron chi connectivity index (χ1n) is 7.13. The summed E-state index contributed by atoms with van der Waals surface area (Å²) in [5.74, 6) is -0.843. The van der Waals surface area contributed by atoms with Crippen LogP contribution in [0, 0.1) is 5.92 Å². The molecule has 20 heavy (non-hydrogen) atoms. The molecule has 0 spiro atoms. The largest absolute Gasteiger partial charge is 0.481 e. The van der Waals surface area contributed by atoms with E-state index in [4.69, 9.17) is 5.11 Å². The minimum atomic E-state index is -1.06. The fraction of sp³-hybridized carbons (Fsp3) is 0.769. The van der Waals surface area contributed by atoms with Gasteiger partial charge in [-0.3, -0.25) is 9.59 Å². The summed E-state index contributed by atoms with van der Waals surface area (Å²) in [5, 5.41) is 11.6. The van der Waals surface area contributed by atoms with Crippen LogP contribution in [-0.4, -0.2) is 64.5 Å². The minimum absolute atomic E-state index is 0.168. The van der Waals surface area contributed by atoms with Gasteiger partial charge in [-0.25, -0.2) is 4.79 Å². The number of carboxylic acid groups (broad SMARTS) is 1. The third-order valence-electron chi connectivity index (χ3n) is 4.60. The number of piperidine rings is 1. The molecule has 0 aromatic carbocycles. The molecule has 1 aliphatic carbocycles. The number of fused-ring (bicyclic) bond motifs is 2. The van der Waals surface area contributed by atoms with E-state index < -0.39 is 12.0 Å². The van der Waals surface area contributed by atoms with Gasteiger partial charge in [0.05, 0.1) is 6.42 Å². The van der Waals surface area contributed by atoms with Crippen molar-refractivity contribution < 1.29 is 19.5 Å². The summed E-state index contributed by atoms with van der Waals surface area (Å²) >= 11 is 0. The molecule has 2 N–H and O–H groups in total. The lowest BCUT2D eigenvalue weighted by molar-refractivity contribution is -0.142. The third kappa shape index (κ3) is 2.21. The Labute approximate surface area is 116 Å². The predicted molar refractivity (Wildman–Crippen MR) is 69.0 cm³/mol. The van der Waals surface area contributed by atoms with Gasteiger partial charge in [0.1, 0.15) is 6.04 Å². The molecule has 0 radical (unpaired) electrons. The summed E-state index contributed by atoms with van der Waals surface area (Å²) in [6, 6.07) is -0.769. The molecule has 2 saturated heterocycles. The van der Waals surface area contributed by atoms with Gasteiger partial charge >= 0.3 is 12.0 Å². The summed E-state index contributed by atoms with van der Waals surface area (Å²) in [6.07, 6.45) is 2.92. The molecule has 7 heteroatoms. The Morgan fingerprint density at radius 2 is 2.10 bits per heavy atom. The number of likely N-dealkylation sites (tertiary alicyclic amines) is 1. The fourth-order valence-electron chi connectivity index (χ4n) is 3.64. The number of urea groups is 1. The third-order valence-corrected chi connectivity index (χ3v) is 4.60. The summed E-state index contributed by atoms with van der Waals surface area (Å²) in [6.45, 7) is 1.53. The molecule has 7 nitrogen and oxygen atoms in total. The van der Waals surface area contributed by atoms with E-state index in [2.05, 4.69) is 5.32 Å². The van der Waals surface area contributed by atoms with Crippen LogP contribution in [0.25, 0.3) is 0 Å². The average molecular weight is 281 g/mol. The van der Waals surface area contributed by atoms with Gasteiger partial charge in [0.15, 0.2) is 0 Å². The Morgan fingerprint density at radius 1 is 1.30 bits per heavy atom. The summed E-state index contributed by atoms with van der Waals surface area (Å²) in [4.78, 5) is 38.6. The van der Waals surface area contributed by atoms with Crippen molar-refractivity contribution in [3.05, 3.63) is 0 Å². The summed E-state index contributed by atoms with van der Waals surface area (Å²) in [5.41, 5.74) is 0. The number of carboxylic acids is 1. The fourth-order valence-corrected chi connectivity index (χ4v) is 3.64. The zero-order valence-corrected chi connectivity index (χ0v) is 11.2. The molecule has 2 bridgehead atoms. The first kappa shape index (κ1) is 13.2. The van der Waals surface area contributed by atoms with Crippen molar-refractivity contribution in [2.24, 2.45) is 5.92 Å². The highest BCUT2D eigenvalue weighted by molar-refractivity contribution is 5.91. The Kier molecular flexibility index (Phi) is 3.27. The van der Waals surface area contributed by atoms with Gasteiger partial charge in [-0.05, 0) is 25.2 Å². The highest BCUT2D eigenvalue weighted by Crippen LogP contribution is 2.38. The number of nitrogens with one attached hydrogen (secondary N) is 1. The van der Waals surface area contributed by atoms with Gasteiger partial charge in [-0.1, -0.05) is 0 Å². The lowest BCUT2D eigenvalue weighted by atomic mass is 10.1. The van der Waals surface area contributed by atoms with E-state index in [-0.39, 0.29) is 24.4 Å². The molecule has 3 aliphatic rings. The van der Waals surface area contributed by atoms with Crippen LogP contribution in [0.2, 0.25) is 0 Å². The van der Waals surface area contributed by atoms with Crippen LogP contribution in [0.3, 0.4) is 0 Å². The van der Waals surface area contributed by atoms with Gasteiger partial charge in [0, 0.05) is 25.7 Å². The zero-order chi connectivity index (χ0) is 14.3. The van der Waals surface area contributed by atoms with Crippen LogP contribution in [0.15, 0.2) is 0 Å². The van der Waals surface area contributed by atoms with Crippen molar-refractivity contribution in [1.29, 1.82) is 0 Å². The highest BCUT2D eigenvalue weighted by atomic mass is 16.4. The maximum Gasteiger partial charge on any atom is 0.321 e. The van der Waals surface area contributed by atoms with Crippen molar-refractivity contribution >= 4 is 17.9 Å². The number of piperazine rings is 1. The van der Waals surface area contributed by atoms with Gasteiger partial charge in [0.2, 0.25) is 5.91 Å². The molecule has 3 amide bonds. The summed E-state index contributed by atoms with van der Waals surface area (Å²) < 4.78 is 0. The van der Waals surface area contributed by atoms with E-state index in [1.54, 1.807) is 0 Å². The van der Waals surface area contributed by atoms with Crippen molar-refractivity contribution in [3.63, 3.8) is 0 Å². The van der Waals surface area contributed by atoms with E-state index >= 15 is 0 Å². The molecule has 2 aliphatic heterocycles. The molecule has 3 atom stereocenters. The number of nitrogens with zero attached hydrogens (tertiary/aromatic N) is 2. The Balaban J connectivity index is 1.74. The molecule has 0 aromatic rings. The Bertz CT molecular complexity index is 453. The molecule has 3 fully saturated rings. The molecule has 3 rings (SSSR count). The van der Waals surface area contributed by atoms with E-state index in [1.807, 2.05) is 4.90 Å². The number of rotatable bonds is 2. The molecule has 1 saturated carbocycles. The van der Waals surface area contributed by atoms with E-state index in [9.17, 15) is 14.4 Å². The van der Waals surface area contributed by atoms with E-state index in [0.29, 0.717) is 19.0 Å². The maximum atomic E-state index is 12.6. The average Bonchev–Trinajstić information content (AvgIpc) is 3.02. The van der Waals surface area contributed by atoms with Crippen LogP contribution in [-0.2, 0) is 9.59 Å². The number of carbonyl (C=O) groups is 3. The molecule has 2 heterocycles. The number of carbonyl (C=O) groups excluding carboxylic acids is 2. The van der Waals surface area contributed by atoms with Crippen molar-refractivity contribution in [3.8, 4) is 0 Å². The van der Waals surface area contributed by atoms with Gasteiger partial charge in [-0.2, -0.15) is 0 Å². The zero-order valence-electron chi connectivity index (χ0n) is 11.2. The molecule has 0 aromatic heterocycles. The molecule has 110 valence electrons. The SMILES string of the molecule is O=C(O)CC1C(=O)NCCN1C(=O)N1CC2CCC1C2. The number of hydrogen-bond acceptors (Lipinski definition) is 3. The van der Waals surface area contributed by atoms with E-state index in [1.165, 1.54) is 11.3 Å². The van der Waals surface area contributed by atoms with Crippen LogP contribution in [0.4, 0.5) is 4.79 Å². The number of aliphatic carboxylic acids is 1. The van der Waals surface area contributed by atoms with Crippen molar-refractivity contribution in [2.45, 2.75) is 37.8 Å². The molecule has 3 unspecified atom stereocenters. The van der Waals surface area contributed by atoms with Crippen LogP contribution in [0.5, 0.6) is 0 Å². The molecular weight excluding hydrogens is 262 g/mol. The number of amides is 3. The van der Waals surface area contributed by atoms with Crippen LogP contribution < -0.4 is 5.32 Å². The first-order valence-corrected chi connectivity index (χ1v) is 7.13. The smallest absolute Gasteiger partial charge is 0.321 e. The van der Waals surface area contributed by atoms with Gasteiger partial charge in [0.25, 0.3) is 0 Å². The lowest BCUT2D eigenvalue weighted by Crippen LogP contribution is -2.61. The van der Waals surface area contributed by atoms with Gasteiger partial charge < -0.3 is 20.2 Å². The second-order valence-electron chi connectivity index (χ2n) is 5.87. The van der Waals surface area contributed by atoms with Gasteiger partial charge in [-0.15, -0.1) is 0 Å². The standard InChI is InChI=1S/C13H19N3O4/c17-11(18)6-10-12(19)14-3-4-15(10)13(20)16-7-8-1-2-9(16)5-8/h8-10H,1-7H2,(H,14,19)(H,17,18). The second kappa shape index (κ2) is 4.96. The number of hydrogen-bond donors (Lipinski definition) is 2. The predicted octanol–water partition coefficient (Wildman–Crippen LogP) is -0.134. The quantitative estimate of drug-likeness (QED) is 0.737. The van der Waals surface area contributed by atoms with Crippen LogP contribution in [0.1, 0.15) is 25.7 Å².